The molecule has 0 saturated carbocycles. The van der Waals surface area contributed by atoms with Crippen LogP contribution >= 0.6 is 0 Å². The Balaban J connectivity index is 1.56. The second kappa shape index (κ2) is 13.9. The van der Waals surface area contributed by atoms with Crippen LogP contribution in [0.4, 0.5) is 10.2 Å². The number of allylic oxidation sites excluding steroid dienone is 1. The number of aromatic nitrogens is 1. The second-order valence-corrected chi connectivity index (χ2v) is 10.3. The van der Waals surface area contributed by atoms with E-state index in [0.717, 1.165) is 84.5 Å². The molecule has 4 nitrogen and oxygen atoms in total. The summed E-state index contributed by atoms with van der Waals surface area (Å²) in [6.07, 6.45) is 9.55. The molecule has 5 heteroatoms. The van der Waals surface area contributed by atoms with E-state index in [1.165, 1.54) is 12.1 Å². The molecule has 37 heavy (non-hydrogen) atoms. The van der Waals surface area contributed by atoms with E-state index in [1.54, 1.807) is 12.3 Å². The smallest absolute Gasteiger partial charge is 0.130 e. The van der Waals surface area contributed by atoms with Gasteiger partial charge in [-0.2, -0.15) is 0 Å². The molecule has 0 amide bonds. The topological polar surface area (TPSA) is 65.4 Å². The first-order valence-electron chi connectivity index (χ1n) is 13.3. The number of rotatable bonds is 15. The minimum atomic E-state index is -0.264. The number of para-hydroxylation sites is 1. The maximum Gasteiger partial charge on any atom is 0.130 e. The van der Waals surface area contributed by atoms with Gasteiger partial charge in [0.25, 0.3) is 0 Å². The highest BCUT2D eigenvalue weighted by atomic mass is 19.1. The summed E-state index contributed by atoms with van der Waals surface area (Å²) in [6.45, 7) is 12.4. The van der Waals surface area contributed by atoms with Crippen molar-refractivity contribution in [2.75, 3.05) is 11.9 Å². The highest BCUT2D eigenvalue weighted by Crippen LogP contribution is 2.29. The standard InChI is InChI=1S/C32H41FN2O2/c1-22(24(3)21-36)8-5-6-10-26(14-15-27-11-7-9-23(2)32(27)37)13-12-25(4)35-31-19-29-18-30(33)17-16-28(29)20-34-31/h7,9,11,16-20,24,26,36-37H,1,4-6,8,10,12-15,21H2,2-3H3,(H,34,35). The molecule has 0 aliphatic rings. The molecule has 2 aromatic carbocycles. The van der Waals surface area contributed by atoms with Gasteiger partial charge in [-0.05, 0) is 98.1 Å². The molecule has 0 saturated heterocycles. The number of aliphatic hydroxyl groups excluding tert-OH is 1. The van der Waals surface area contributed by atoms with Gasteiger partial charge in [0.15, 0.2) is 0 Å². The lowest BCUT2D eigenvalue weighted by Crippen LogP contribution is -2.07. The van der Waals surface area contributed by atoms with Crippen LogP contribution in [0.25, 0.3) is 10.8 Å². The fourth-order valence-corrected chi connectivity index (χ4v) is 4.68. The summed E-state index contributed by atoms with van der Waals surface area (Å²) in [4.78, 5) is 4.45. The first-order chi connectivity index (χ1) is 17.8. The van der Waals surface area contributed by atoms with Crippen molar-refractivity contribution < 1.29 is 14.6 Å². The van der Waals surface area contributed by atoms with Gasteiger partial charge in [-0.15, -0.1) is 0 Å². The van der Waals surface area contributed by atoms with Gasteiger partial charge in [0.05, 0.1) is 0 Å². The summed E-state index contributed by atoms with van der Waals surface area (Å²) in [7, 11) is 0. The highest BCUT2D eigenvalue weighted by Gasteiger charge is 2.13. The van der Waals surface area contributed by atoms with E-state index in [0.29, 0.717) is 17.5 Å². The second-order valence-electron chi connectivity index (χ2n) is 10.3. The first kappa shape index (κ1) is 28.4. The van der Waals surface area contributed by atoms with Gasteiger partial charge in [0.2, 0.25) is 0 Å². The van der Waals surface area contributed by atoms with Gasteiger partial charge in [-0.25, -0.2) is 9.37 Å². The summed E-state index contributed by atoms with van der Waals surface area (Å²) < 4.78 is 13.6. The number of hydrogen-bond donors (Lipinski definition) is 3. The van der Waals surface area contributed by atoms with Crippen LogP contribution in [0.15, 0.2) is 73.1 Å². The normalized spacial score (nSPS) is 12.9. The Labute approximate surface area is 221 Å². The third kappa shape index (κ3) is 8.71. The number of fused-ring (bicyclic) bond motifs is 1. The minimum absolute atomic E-state index is 0.148. The van der Waals surface area contributed by atoms with Crippen LogP contribution < -0.4 is 5.32 Å². The molecule has 0 aliphatic carbocycles. The van der Waals surface area contributed by atoms with E-state index < -0.39 is 0 Å². The zero-order valence-corrected chi connectivity index (χ0v) is 22.3. The van der Waals surface area contributed by atoms with E-state index in [4.69, 9.17) is 0 Å². The van der Waals surface area contributed by atoms with Crippen molar-refractivity contribution in [1.82, 2.24) is 4.98 Å². The zero-order valence-electron chi connectivity index (χ0n) is 22.3. The van der Waals surface area contributed by atoms with E-state index in [-0.39, 0.29) is 18.3 Å². The van der Waals surface area contributed by atoms with Crippen molar-refractivity contribution in [1.29, 1.82) is 0 Å². The van der Waals surface area contributed by atoms with Crippen molar-refractivity contribution in [2.45, 2.75) is 65.2 Å². The maximum atomic E-state index is 13.6. The Bertz CT molecular complexity index is 1210. The van der Waals surface area contributed by atoms with Gasteiger partial charge in [0.1, 0.15) is 17.4 Å². The molecule has 2 unspecified atom stereocenters. The molecule has 0 fully saturated rings. The number of benzene rings is 2. The number of anilines is 1. The van der Waals surface area contributed by atoms with E-state index in [9.17, 15) is 14.6 Å². The molecule has 1 heterocycles. The van der Waals surface area contributed by atoms with Crippen LogP contribution in [-0.2, 0) is 6.42 Å². The lowest BCUT2D eigenvalue weighted by atomic mass is 9.88. The summed E-state index contributed by atoms with van der Waals surface area (Å²) in [5.41, 5.74) is 3.91. The Hall–Kier alpha value is -3.18. The Morgan fingerprint density at radius 1 is 1.03 bits per heavy atom. The van der Waals surface area contributed by atoms with E-state index >= 15 is 0 Å². The lowest BCUT2D eigenvalue weighted by molar-refractivity contribution is 0.253. The number of phenolic OH excluding ortho intramolecular Hbond substituents is 1. The predicted molar refractivity (Wildman–Crippen MR) is 152 cm³/mol. The van der Waals surface area contributed by atoms with Crippen LogP contribution in [0.5, 0.6) is 5.75 Å². The molecular weight excluding hydrogens is 463 g/mol. The number of unbranched alkanes of at least 4 members (excludes halogenated alkanes) is 1. The summed E-state index contributed by atoms with van der Waals surface area (Å²) in [5.74, 6) is 1.44. The van der Waals surface area contributed by atoms with Gasteiger partial charge < -0.3 is 15.5 Å². The molecule has 3 aromatic rings. The van der Waals surface area contributed by atoms with Crippen molar-refractivity contribution >= 4 is 16.6 Å². The Kier molecular flexibility index (Phi) is 10.7. The van der Waals surface area contributed by atoms with Crippen molar-refractivity contribution in [3.05, 3.63) is 90.0 Å². The van der Waals surface area contributed by atoms with Crippen molar-refractivity contribution in [3.8, 4) is 5.75 Å². The van der Waals surface area contributed by atoms with Crippen molar-refractivity contribution in [2.24, 2.45) is 11.8 Å². The van der Waals surface area contributed by atoms with E-state index in [2.05, 4.69) is 23.5 Å². The fraction of sp³-hybridized carbons (Fsp3) is 0.406. The SMILES string of the molecule is C=C(CCC(CCCCC(=C)C(C)CO)CCc1cccc(C)c1O)Nc1cc2cc(F)ccc2cn1. The molecule has 2 atom stereocenters. The number of phenols is 1. The number of aryl methyl sites for hydroxylation is 2. The molecule has 1 aromatic heterocycles. The first-order valence-corrected chi connectivity index (χ1v) is 13.3. The molecule has 3 N–H and O–H groups in total. The van der Waals surface area contributed by atoms with Crippen molar-refractivity contribution in [3.63, 3.8) is 0 Å². The molecule has 198 valence electrons. The van der Waals surface area contributed by atoms with Gasteiger partial charge >= 0.3 is 0 Å². The number of halogens is 1. The molecule has 0 aliphatic heterocycles. The summed E-state index contributed by atoms with van der Waals surface area (Å²) in [5, 5.41) is 24.8. The Morgan fingerprint density at radius 2 is 1.84 bits per heavy atom. The van der Waals surface area contributed by atoms with Crippen LogP contribution in [0.2, 0.25) is 0 Å². The number of aromatic hydroxyl groups is 1. The summed E-state index contributed by atoms with van der Waals surface area (Å²) in [6, 6.07) is 12.5. The van der Waals surface area contributed by atoms with Crippen LogP contribution in [0.1, 0.15) is 63.0 Å². The number of pyridine rings is 1. The minimum Gasteiger partial charge on any atom is -0.507 e. The molecule has 0 spiro atoms. The highest BCUT2D eigenvalue weighted by molar-refractivity contribution is 5.84. The monoisotopic (exact) mass is 504 g/mol. The predicted octanol–water partition coefficient (Wildman–Crippen LogP) is 8.09. The molecule has 0 bridgehead atoms. The quantitative estimate of drug-likeness (QED) is 0.145. The largest absolute Gasteiger partial charge is 0.507 e. The number of nitrogens with one attached hydrogen (secondary N) is 1. The average Bonchev–Trinajstić information content (AvgIpc) is 2.88. The molecule has 0 radical (unpaired) electrons. The van der Waals surface area contributed by atoms with Crippen LogP contribution in [0, 0.1) is 24.6 Å². The van der Waals surface area contributed by atoms with Gasteiger partial charge in [-0.3, -0.25) is 0 Å². The van der Waals surface area contributed by atoms with Gasteiger partial charge in [-0.1, -0.05) is 56.7 Å². The number of hydrogen-bond acceptors (Lipinski definition) is 4. The maximum absolute atomic E-state index is 13.6. The van der Waals surface area contributed by atoms with Crippen LogP contribution in [-0.4, -0.2) is 21.8 Å². The number of aliphatic hydroxyl groups is 1. The third-order valence-electron chi connectivity index (χ3n) is 7.32. The van der Waals surface area contributed by atoms with E-state index in [1.807, 2.05) is 38.1 Å². The zero-order chi connectivity index (χ0) is 26.8. The average molecular weight is 505 g/mol. The lowest BCUT2D eigenvalue weighted by Gasteiger charge is -2.19. The summed E-state index contributed by atoms with van der Waals surface area (Å²) >= 11 is 0. The van der Waals surface area contributed by atoms with Gasteiger partial charge in [0, 0.05) is 23.9 Å². The third-order valence-corrected chi connectivity index (χ3v) is 7.32. The Morgan fingerprint density at radius 3 is 2.62 bits per heavy atom. The molecular formula is C32H41FN2O2. The number of nitrogens with zero attached hydrogens (tertiary/aromatic N) is 1. The molecule has 3 rings (SSSR count). The van der Waals surface area contributed by atoms with Crippen LogP contribution in [0.3, 0.4) is 0 Å². The fourth-order valence-electron chi connectivity index (χ4n) is 4.68.